The number of imidazole rings is 1. The summed E-state index contributed by atoms with van der Waals surface area (Å²) in [6.45, 7) is 4.71. The number of aromatic nitrogens is 2. The zero-order chi connectivity index (χ0) is 15.5. The minimum atomic E-state index is -0.586. The lowest BCUT2D eigenvalue weighted by Gasteiger charge is -2.15. The Morgan fingerprint density at radius 3 is 2.59 bits per heavy atom. The zero-order valence-electron chi connectivity index (χ0n) is 12.9. The molecule has 0 unspecified atom stereocenters. The van der Waals surface area contributed by atoms with Gasteiger partial charge in [0.05, 0.1) is 17.6 Å². The van der Waals surface area contributed by atoms with Crippen LogP contribution in [0.1, 0.15) is 11.4 Å². The van der Waals surface area contributed by atoms with Crippen molar-refractivity contribution < 1.29 is 9.84 Å². The van der Waals surface area contributed by atoms with Gasteiger partial charge in [-0.1, -0.05) is 29.8 Å². The lowest BCUT2D eigenvalue weighted by Crippen LogP contribution is -2.24. The third kappa shape index (κ3) is 3.12. The highest BCUT2D eigenvalue weighted by molar-refractivity contribution is 5.75. The van der Waals surface area contributed by atoms with Gasteiger partial charge >= 0.3 is 0 Å². The van der Waals surface area contributed by atoms with Gasteiger partial charge in [-0.3, -0.25) is 0 Å². The van der Waals surface area contributed by atoms with Crippen LogP contribution in [-0.2, 0) is 6.54 Å². The van der Waals surface area contributed by atoms with E-state index in [0.717, 1.165) is 22.6 Å². The number of aliphatic hydroxyl groups excluding tert-OH is 1. The molecular weight excluding hydrogens is 276 g/mol. The highest BCUT2D eigenvalue weighted by Gasteiger charge is 2.12. The third-order valence-corrected chi connectivity index (χ3v) is 3.70. The summed E-state index contributed by atoms with van der Waals surface area (Å²) in [5.74, 6) is 1.67. The molecule has 0 amide bonds. The van der Waals surface area contributed by atoms with Crippen molar-refractivity contribution in [2.75, 3.05) is 6.61 Å². The van der Waals surface area contributed by atoms with Crippen LogP contribution in [0, 0.1) is 13.8 Å². The van der Waals surface area contributed by atoms with Crippen LogP contribution in [0.3, 0.4) is 0 Å². The van der Waals surface area contributed by atoms with Gasteiger partial charge in [0.15, 0.2) is 0 Å². The fourth-order valence-electron chi connectivity index (χ4n) is 2.52. The first kappa shape index (κ1) is 14.6. The predicted octanol–water partition coefficient (Wildman–Crippen LogP) is 3.09. The Morgan fingerprint density at radius 2 is 1.82 bits per heavy atom. The topological polar surface area (TPSA) is 47.3 Å². The number of hydrogen-bond donors (Lipinski definition) is 1. The average Bonchev–Trinajstić information content (AvgIpc) is 2.83. The molecule has 0 aliphatic rings. The van der Waals surface area contributed by atoms with Gasteiger partial charge in [0, 0.05) is 0 Å². The highest BCUT2D eigenvalue weighted by atomic mass is 16.5. The molecule has 0 fully saturated rings. The van der Waals surface area contributed by atoms with Gasteiger partial charge in [-0.25, -0.2) is 4.98 Å². The van der Waals surface area contributed by atoms with Gasteiger partial charge in [-0.2, -0.15) is 0 Å². The molecule has 1 heterocycles. The van der Waals surface area contributed by atoms with E-state index >= 15 is 0 Å². The van der Waals surface area contributed by atoms with Crippen LogP contribution >= 0.6 is 0 Å². The maximum atomic E-state index is 10.2. The van der Waals surface area contributed by atoms with E-state index in [1.807, 2.05) is 66.9 Å². The van der Waals surface area contributed by atoms with Crippen LogP contribution in [0.25, 0.3) is 11.0 Å². The summed E-state index contributed by atoms with van der Waals surface area (Å²) in [5, 5.41) is 10.2. The molecule has 1 atom stereocenters. The van der Waals surface area contributed by atoms with Crippen LogP contribution in [0.2, 0.25) is 0 Å². The number of rotatable bonds is 5. The number of benzene rings is 2. The molecule has 4 heteroatoms. The molecule has 4 nitrogen and oxygen atoms in total. The van der Waals surface area contributed by atoms with Crippen LogP contribution in [0.4, 0.5) is 0 Å². The maximum absolute atomic E-state index is 10.2. The standard InChI is InChI=1S/C18H20N2O2/c1-13-7-9-16(10-8-13)22-12-15(21)11-20-14(2)19-17-5-3-4-6-18(17)20/h3-10,15,21H,11-12H2,1-2H3/t15-/m0/s1. The SMILES string of the molecule is Cc1ccc(OC[C@@H](O)Cn2c(C)nc3ccccc32)cc1. The molecule has 0 aliphatic heterocycles. The van der Waals surface area contributed by atoms with E-state index in [1.54, 1.807) is 0 Å². The Labute approximate surface area is 130 Å². The van der Waals surface area contributed by atoms with E-state index in [2.05, 4.69) is 4.98 Å². The summed E-state index contributed by atoms with van der Waals surface area (Å²) in [6, 6.07) is 15.8. The molecule has 22 heavy (non-hydrogen) atoms. The molecule has 3 rings (SSSR count). The summed E-state index contributed by atoms with van der Waals surface area (Å²) in [7, 11) is 0. The van der Waals surface area contributed by atoms with Crippen molar-refractivity contribution in [2.24, 2.45) is 0 Å². The van der Waals surface area contributed by atoms with Gasteiger partial charge in [0.2, 0.25) is 0 Å². The normalized spacial score (nSPS) is 12.5. The third-order valence-electron chi connectivity index (χ3n) is 3.70. The van der Waals surface area contributed by atoms with Crippen LogP contribution in [0.5, 0.6) is 5.75 Å². The second kappa shape index (κ2) is 6.20. The molecule has 0 saturated heterocycles. The molecule has 1 aromatic heterocycles. The van der Waals surface area contributed by atoms with Crippen molar-refractivity contribution in [3.8, 4) is 5.75 Å². The largest absolute Gasteiger partial charge is 0.491 e. The van der Waals surface area contributed by atoms with Crippen molar-refractivity contribution >= 4 is 11.0 Å². The first-order valence-corrected chi connectivity index (χ1v) is 7.43. The Balaban J connectivity index is 1.67. The van der Waals surface area contributed by atoms with Gasteiger partial charge in [0.1, 0.15) is 24.3 Å². The maximum Gasteiger partial charge on any atom is 0.119 e. The van der Waals surface area contributed by atoms with E-state index in [1.165, 1.54) is 5.56 Å². The first-order chi connectivity index (χ1) is 10.6. The monoisotopic (exact) mass is 296 g/mol. The number of para-hydroxylation sites is 2. The van der Waals surface area contributed by atoms with E-state index in [4.69, 9.17) is 4.74 Å². The summed E-state index contributed by atoms with van der Waals surface area (Å²) in [5.41, 5.74) is 3.18. The highest BCUT2D eigenvalue weighted by Crippen LogP contribution is 2.16. The number of fused-ring (bicyclic) bond motifs is 1. The second-order valence-corrected chi connectivity index (χ2v) is 5.54. The molecule has 1 N–H and O–H groups in total. The molecule has 0 saturated carbocycles. The zero-order valence-corrected chi connectivity index (χ0v) is 12.9. The van der Waals surface area contributed by atoms with Crippen molar-refractivity contribution in [1.82, 2.24) is 9.55 Å². The molecule has 0 bridgehead atoms. The second-order valence-electron chi connectivity index (χ2n) is 5.54. The van der Waals surface area contributed by atoms with E-state index in [9.17, 15) is 5.11 Å². The van der Waals surface area contributed by atoms with Crippen molar-refractivity contribution in [1.29, 1.82) is 0 Å². The quantitative estimate of drug-likeness (QED) is 0.787. The first-order valence-electron chi connectivity index (χ1n) is 7.43. The molecule has 2 aromatic carbocycles. The molecule has 114 valence electrons. The fraction of sp³-hybridized carbons (Fsp3) is 0.278. The predicted molar refractivity (Wildman–Crippen MR) is 87.2 cm³/mol. The number of nitrogens with zero attached hydrogens (tertiary/aromatic N) is 2. The molecule has 3 aromatic rings. The van der Waals surface area contributed by atoms with Crippen LogP contribution in [-0.4, -0.2) is 27.4 Å². The van der Waals surface area contributed by atoms with Gasteiger partial charge < -0.3 is 14.4 Å². The molecule has 0 radical (unpaired) electrons. The van der Waals surface area contributed by atoms with Gasteiger partial charge in [-0.05, 0) is 38.1 Å². The van der Waals surface area contributed by atoms with Crippen LogP contribution < -0.4 is 4.74 Å². The average molecular weight is 296 g/mol. The minimum Gasteiger partial charge on any atom is -0.491 e. The fourth-order valence-corrected chi connectivity index (χ4v) is 2.52. The van der Waals surface area contributed by atoms with Gasteiger partial charge in [-0.15, -0.1) is 0 Å². The lowest BCUT2D eigenvalue weighted by molar-refractivity contribution is 0.0929. The Bertz CT molecular complexity index is 762. The Hall–Kier alpha value is -2.33. The van der Waals surface area contributed by atoms with Crippen molar-refractivity contribution in [2.45, 2.75) is 26.5 Å². The van der Waals surface area contributed by atoms with E-state index < -0.39 is 6.10 Å². The van der Waals surface area contributed by atoms with Crippen LogP contribution in [0.15, 0.2) is 48.5 Å². The molecule has 0 spiro atoms. The number of aliphatic hydroxyl groups is 1. The number of ether oxygens (including phenoxy) is 1. The lowest BCUT2D eigenvalue weighted by atomic mass is 10.2. The Morgan fingerprint density at radius 1 is 1.09 bits per heavy atom. The van der Waals surface area contributed by atoms with E-state index in [0.29, 0.717) is 6.54 Å². The minimum absolute atomic E-state index is 0.259. The smallest absolute Gasteiger partial charge is 0.119 e. The number of hydrogen-bond acceptors (Lipinski definition) is 3. The molecular formula is C18H20N2O2. The summed E-state index contributed by atoms with van der Waals surface area (Å²) < 4.78 is 7.67. The number of aryl methyl sites for hydroxylation is 2. The van der Waals surface area contributed by atoms with Crippen molar-refractivity contribution in [3.63, 3.8) is 0 Å². The Kier molecular flexibility index (Phi) is 4.11. The summed E-state index contributed by atoms with van der Waals surface area (Å²) >= 11 is 0. The summed E-state index contributed by atoms with van der Waals surface area (Å²) in [6.07, 6.45) is -0.586. The van der Waals surface area contributed by atoms with Gasteiger partial charge in [0.25, 0.3) is 0 Å². The summed E-state index contributed by atoms with van der Waals surface area (Å²) in [4.78, 5) is 4.51. The van der Waals surface area contributed by atoms with Crippen molar-refractivity contribution in [3.05, 3.63) is 59.9 Å². The van der Waals surface area contributed by atoms with E-state index in [-0.39, 0.29) is 6.61 Å². The molecule has 0 aliphatic carbocycles.